The molecule has 1 saturated heterocycles. The number of hydrogen-bond donors (Lipinski definition) is 0. The van der Waals surface area contributed by atoms with Gasteiger partial charge in [0.2, 0.25) is 0 Å². The lowest BCUT2D eigenvalue weighted by molar-refractivity contribution is -0.112. The summed E-state index contributed by atoms with van der Waals surface area (Å²) in [5, 5.41) is 0.857. The van der Waals surface area contributed by atoms with Crippen LogP contribution >= 0.6 is 0 Å². The van der Waals surface area contributed by atoms with Crippen molar-refractivity contribution in [1.82, 2.24) is 14.9 Å². The number of carbonyl (C=O) groups excluding carboxylic acids is 1. The molecule has 2 aromatic heterocycles. The average molecular weight is 289 g/mol. The highest BCUT2D eigenvalue weighted by atomic mass is 19.3. The summed E-state index contributed by atoms with van der Waals surface area (Å²) in [7, 11) is 0. The first-order valence-electron chi connectivity index (χ1n) is 7.00. The predicted molar refractivity (Wildman–Crippen MR) is 75.3 cm³/mol. The van der Waals surface area contributed by atoms with Crippen molar-refractivity contribution in [3.63, 3.8) is 0 Å². The third kappa shape index (κ3) is 3.16. The average Bonchev–Trinajstić information content (AvgIpc) is 2.55. The molecule has 1 aliphatic heterocycles. The number of likely N-dealkylation sites (tertiary alicyclic amines) is 1. The Morgan fingerprint density at radius 3 is 2.90 bits per heavy atom. The fraction of sp³-hybridized carbons (Fsp3) is 0.400. The fourth-order valence-corrected chi connectivity index (χ4v) is 2.67. The molecule has 0 unspecified atom stereocenters. The standard InChI is InChI=1S/C15H16FN3O2/c16-21-14-2-1-13-7-12(8-17-15(13)18-14)9-19-5-3-11(10-20)4-6-19/h1-2,7-8,10-11H,3-6,9H2. The number of pyridine rings is 2. The molecule has 110 valence electrons. The Kier molecular flexibility index (Phi) is 4.06. The summed E-state index contributed by atoms with van der Waals surface area (Å²) in [5.74, 6) is 0.123. The van der Waals surface area contributed by atoms with Crippen molar-refractivity contribution in [2.75, 3.05) is 13.1 Å². The van der Waals surface area contributed by atoms with E-state index in [1.54, 1.807) is 12.3 Å². The van der Waals surface area contributed by atoms with Gasteiger partial charge in [0.1, 0.15) is 6.29 Å². The van der Waals surface area contributed by atoms with Gasteiger partial charge in [-0.2, -0.15) is 4.98 Å². The van der Waals surface area contributed by atoms with Crippen molar-refractivity contribution in [2.45, 2.75) is 19.4 Å². The minimum Gasteiger partial charge on any atom is -0.303 e. The van der Waals surface area contributed by atoms with E-state index in [4.69, 9.17) is 0 Å². The first kappa shape index (κ1) is 13.9. The highest BCUT2D eigenvalue weighted by Gasteiger charge is 2.18. The molecule has 0 N–H and O–H groups in total. The third-order valence-corrected chi connectivity index (χ3v) is 3.88. The molecule has 0 aromatic carbocycles. The summed E-state index contributed by atoms with van der Waals surface area (Å²) >= 11 is 0. The molecule has 0 amide bonds. The molecule has 0 atom stereocenters. The predicted octanol–water partition coefficient (Wildman–Crippen LogP) is 2.30. The largest absolute Gasteiger partial charge is 0.303 e. The van der Waals surface area contributed by atoms with Crippen molar-refractivity contribution in [3.8, 4) is 5.88 Å². The molecule has 0 radical (unpaired) electrons. The minimum absolute atomic E-state index is 0.0846. The Morgan fingerprint density at radius 1 is 1.38 bits per heavy atom. The lowest BCUT2D eigenvalue weighted by Gasteiger charge is -2.29. The Hall–Kier alpha value is -2.08. The number of carbonyl (C=O) groups is 1. The van der Waals surface area contributed by atoms with E-state index in [0.717, 1.165) is 49.7 Å². The van der Waals surface area contributed by atoms with E-state index in [2.05, 4.69) is 19.8 Å². The van der Waals surface area contributed by atoms with Crippen LogP contribution in [0.25, 0.3) is 11.0 Å². The smallest absolute Gasteiger partial charge is 0.264 e. The summed E-state index contributed by atoms with van der Waals surface area (Å²) in [5.41, 5.74) is 1.55. The number of fused-ring (bicyclic) bond motifs is 1. The zero-order valence-electron chi connectivity index (χ0n) is 11.5. The number of piperidine rings is 1. The van der Waals surface area contributed by atoms with Crippen LogP contribution in [-0.4, -0.2) is 34.2 Å². The zero-order valence-corrected chi connectivity index (χ0v) is 11.5. The van der Waals surface area contributed by atoms with Crippen LogP contribution in [0.4, 0.5) is 4.53 Å². The molecule has 1 aliphatic rings. The van der Waals surface area contributed by atoms with E-state index in [9.17, 15) is 9.32 Å². The maximum Gasteiger partial charge on any atom is 0.264 e. The number of aldehydes is 1. The second kappa shape index (κ2) is 6.13. The quantitative estimate of drug-likeness (QED) is 0.808. The van der Waals surface area contributed by atoms with Crippen molar-refractivity contribution >= 4 is 17.3 Å². The first-order chi connectivity index (χ1) is 10.3. The van der Waals surface area contributed by atoms with E-state index in [-0.39, 0.29) is 11.8 Å². The van der Waals surface area contributed by atoms with Gasteiger partial charge < -0.3 is 4.79 Å². The fourth-order valence-electron chi connectivity index (χ4n) is 2.67. The highest BCUT2D eigenvalue weighted by Crippen LogP contribution is 2.20. The van der Waals surface area contributed by atoms with Gasteiger partial charge in [-0.3, -0.25) is 9.84 Å². The third-order valence-electron chi connectivity index (χ3n) is 3.88. The van der Waals surface area contributed by atoms with E-state index >= 15 is 0 Å². The summed E-state index contributed by atoms with van der Waals surface area (Å²) in [4.78, 5) is 24.9. The van der Waals surface area contributed by atoms with Crippen LogP contribution in [-0.2, 0) is 11.3 Å². The molecular weight excluding hydrogens is 273 g/mol. The Balaban J connectivity index is 1.71. The second-order valence-corrected chi connectivity index (χ2v) is 5.37. The van der Waals surface area contributed by atoms with E-state index in [0.29, 0.717) is 5.65 Å². The van der Waals surface area contributed by atoms with E-state index < -0.39 is 0 Å². The molecule has 0 spiro atoms. The summed E-state index contributed by atoms with van der Waals surface area (Å²) in [6, 6.07) is 5.22. The molecule has 1 fully saturated rings. The molecule has 0 saturated carbocycles. The Morgan fingerprint density at radius 2 is 2.19 bits per heavy atom. The first-order valence-corrected chi connectivity index (χ1v) is 7.00. The summed E-state index contributed by atoms with van der Waals surface area (Å²) < 4.78 is 12.1. The summed E-state index contributed by atoms with van der Waals surface area (Å²) in [6.07, 6.45) is 4.65. The lowest BCUT2D eigenvalue weighted by atomic mass is 9.98. The van der Waals surface area contributed by atoms with Crippen LogP contribution in [0, 0.1) is 5.92 Å². The highest BCUT2D eigenvalue weighted by molar-refractivity contribution is 5.75. The van der Waals surface area contributed by atoms with Crippen LogP contribution in [0.5, 0.6) is 5.88 Å². The van der Waals surface area contributed by atoms with Gasteiger partial charge >= 0.3 is 0 Å². The van der Waals surface area contributed by atoms with Gasteiger partial charge in [0, 0.05) is 34.6 Å². The molecule has 3 rings (SSSR count). The molecule has 5 nitrogen and oxygen atoms in total. The number of aromatic nitrogens is 2. The van der Waals surface area contributed by atoms with Crippen LogP contribution in [0.1, 0.15) is 18.4 Å². The molecule has 6 heteroatoms. The molecule has 0 bridgehead atoms. The molecule has 21 heavy (non-hydrogen) atoms. The van der Waals surface area contributed by atoms with Crippen molar-refractivity contribution < 1.29 is 14.3 Å². The molecule has 2 aromatic rings. The van der Waals surface area contributed by atoms with Crippen molar-refractivity contribution in [2.24, 2.45) is 5.92 Å². The van der Waals surface area contributed by atoms with Crippen molar-refractivity contribution in [1.29, 1.82) is 0 Å². The number of hydrogen-bond acceptors (Lipinski definition) is 5. The number of rotatable bonds is 4. The topological polar surface area (TPSA) is 55.3 Å². The van der Waals surface area contributed by atoms with Crippen LogP contribution < -0.4 is 4.94 Å². The normalized spacial score (nSPS) is 17.0. The van der Waals surface area contributed by atoms with Crippen LogP contribution in [0.15, 0.2) is 24.4 Å². The van der Waals surface area contributed by atoms with Gasteiger partial charge in [0.15, 0.2) is 5.65 Å². The maximum absolute atomic E-state index is 12.1. The van der Waals surface area contributed by atoms with Gasteiger partial charge in [0.25, 0.3) is 5.88 Å². The molecular formula is C15H16FN3O2. The molecule has 0 aliphatic carbocycles. The van der Waals surface area contributed by atoms with Gasteiger partial charge in [-0.05, 0) is 43.6 Å². The monoisotopic (exact) mass is 289 g/mol. The second-order valence-electron chi connectivity index (χ2n) is 5.37. The van der Waals surface area contributed by atoms with Gasteiger partial charge in [-0.25, -0.2) is 4.98 Å². The SMILES string of the molecule is O=CC1CCN(Cc2cnc3nc(OF)ccc3c2)CC1. The Bertz CT molecular complexity index is 642. The Labute approximate surface area is 121 Å². The zero-order chi connectivity index (χ0) is 14.7. The van der Waals surface area contributed by atoms with E-state index in [1.165, 1.54) is 6.07 Å². The van der Waals surface area contributed by atoms with Gasteiger partial charge in [-0.15, -0.1) is 0 Å². The number of nitrogens with zero attached hydrogens (tertiary/aromatic N) is 3. The van der Waals surface area contributed by atoms with E-state index in [1.807, 2.05) is 6.07 Å². The maximum atomic E-state index is 12.1. The summed E-state index contributed by atoms with van der Waals surface area (Å²) in [6.45, 7) is 2.65. The molecule has 3 heterocycles. The van der Waals surface area contributed by atoms with Crippen LogP contribution in [0.2, 0.25) is 0 Å². The van der Waals surface area contributed by atoms with Crippen molar-refractivity contribution in [3.05, 3.63) is 30.0 Å². The van der Waals surface area contributed by atoms with Gasteiger partial charge in [-0.1, -0.05) is 0 Å². The minimum atomic E-state index is -0.0846. The van der Waals surface area contributed by atoms with Crippen LogP contribution in [0.3, 0.4) is 0 Å². The lowest BCUT2D eigenvalue weighted by Crippen LogP contribution is -2.33. The number of halogens is 1. The van der Waals surface area contributed by atoms with Gasteiger partial charge in [0.05, 0.1) is 0 Å².